The molecule has 0 aromatic heterocycles. The van der Waals surface area contributed by atoms with Gasteiger partial charge in [-0.3, -0.25) is 0 Å². The van der Waals surface area contributed by atoms with Gasteiger partial charge in [-0.1, -0.05) is 0 Å². The first-order valence-electron chi connectivity index (χ1n) is 1.10. The molecule has 46 valence electrons. The first-order chi connectivity index (χ1) is 2.56. The summed E-state index contributed by atoms with van der Waals surface area (Å²) < 4.78 is 27.6. The van der Waals surface area contributed by atoms with Gasteiger partial charge in [-0.25, -0.2) is 8.42 Å². The van der Waals surface area contributed by atoms with Gasteiger partial charge in [0.2, 0.25) is 0 Å². The van der Waals surface area contributed by atoms with Crippen molar-refractivity contribution in [1.29, 1.82) is 0 Å². The fourth-order valence-corrected chi connectivity index (χ4v) is 0. The van der Waals surface area contributed by atoms with Crippen LogP contribution in [0.1, 0.15) is 0 Å². The van der Waals surface area contributed by atoms with E-state index in [2.05, 4.69) is 0 Å². The SMILES string of the molecule is O=S(=O)([O-])CO.[OH-].[Zn+2]. The summed E-state index contributed by atoms with van der Waals surface area (Å²) in [6.45, 7) is 0. The van der Waals surface area contributed by atoms with E-state index in [4.69, 9.17) is 5.11 Å². The third kappa shape index (κ3) is 16.1. The van der Waals surface area contributed by atoms with Crippen molar-refractivity contribution in [1.82, 2.24) is 0 Å². The average molecular weight is 193 g/mol. The first-order valence-corrected chi connectivity index (χ1v) is 2.68. The number of hydrogen-bond acceptors (Lipinski definition) is 5. The summed E-state index contributed by atoms with van der Waals surface area (Å²) in [5.74, 6) is -1.31. The third-order valence-electron chi connectivity index (χ3n) is 0.158. The van der Waals surface area contributed by atoms with E-state index < -0.39 is 16.1 Å². The average Bonchev–Trinajstić information content (AvgIpc) is 1.35. The van der Waals surface area contributed by atoms with Crippen LogP contribution in [-0.4, -0.2) is 29.5 Å². The second-order valence-corrected chi connectivity index (χ2v) is 2.06. The normalized spacial score (nSPS) is 8.75. The van der Waals surface area contributed by atoms with E-state index in [9.17, 15) is 13.0 Å². The van der Waals surface area contributed by atoms with Gasteiger partial charge < -0.3 is 15.1 Å². The van der Waals surface area contributed by atoms with Crippen LogP contribution in [0, 0.1) is 0 Å². The molecule has 0 aliphatic heterocycles. The monoisotopic (exact) mass is 192 g/mol. The Morgan fingerprint density at radius 2 is 1.62 bits per heavy atom. The van der Waals surface area contributed by atoms with Gasteiger partial charge in [-0.15, -0.1) is 0 Å². The van der Waals surface area contributed by atoms with Gasteiger partial charge in [-0.05, 0) is 0 Å². The van der Waals surface area contributed by atoms with Gasteiger partial charge in [0.1, 0.15) is 16.1 Å². The van der Waals surface area contributed by atoms with E-state index in [0.717, 1.165) is 0 Å². The van der Waals surface area contributed by atoms with E-state index >= 15 is 0 Å². The summed E-state index contributed by atoms with van der Waals surface area (Å²) in [5, 5.41) is 7.50. The van der Waals surface area contributed by atoms with Gasteiger partial charge in [0.05, 0.1) is 0 Å². The Balaban J connectivity index is -0.000000125. The van der Waals surface area contributed by atoms with Crippen LogP contribution in [0.25, 0.3) is 0 Å². The van der Waals surface area contributed by atoms with Crippen LogP contribution in [0.5, 0.6) is 0 Å². The Hall–Kier alpha value is 0.453. The van der Waals surface area contributed by atoms with Gasteiger partial charge in [0.15, 0.2) is 0 Å². The van der Waals surface area contributed by atoms with Crippen LogP contribution in [0.15, 0.2) is 0 Å². The quantitative estimate of drug-likeness (QED) is 0.395. The molecule has 8 heavy (non-hydrogen) atoms. The van der Waals surface area contributed by atoms with Crippen molar-refractivity contribution >= 4 is 10.1 Å². The third-order valence-corrected chi connectivity index (χ3v) is 0.474. The molecule has 0 bridgehead atoms. The molecule has 0 aliphatic rings. The smallest absolute Gasteiger partial charge is 0.870 e. The molecule has 2 N–H and O–H groups in total. The van der Waals surface area contributed by atoms with Crippen LogP contribution in [0.4, 0.5) is 0 Å². The zero-order chi connectivity index (χ0) is 5.21. The first kappa shape index (κ1) is 15.8. The Kier molecular flexibility index (Phi) is 11.0. The molecule has 0 atom stereocenters. The molecule has 7 heteroatoms. The van der Waals surface area contributed by atoms with Crippen molar-refractivity contribution < 1.29 is 43.0 Å². The van der Waals surface area contributed by atoms with E-state index in [-0.39, 0.29) is 25.0 Å². The molecule has 0 unspecified atom stereocenters. The van der Waals surface area contributed by atoms with Gasteiger partial charge in [0, 0.05) is 0 Å². The number of rotatable bonds is 1. The summed E-state index contributed by atoms with van der Waals surface area (Å²) in [7, 11) is -4.36. The minimum Gasteiger partial charge on any atom is -0.870 e. The largest absolute Gasteiger partial charge is 2.00 e. The van der Waals surface area contributed by atoms with E-state index in [1.807, 2.05) is 0 Å². The maximum absolute atomic E-state index is 9.19. The van der Waals surface area contributed by atoms with Gasteiger partial charge >= 0.3 is 19.5 Å². The Bertz CT molecular complexity index is 114. The van der Waals surface area contributed by atoms with Crippen molar-refractivity contribution in [2.45, 2.75) is 0 Å². The topological polar surface area (TPSA) is 107 Å². The summed E-state index contributed by atoms with van der Waals surface area (Å²) in [4.78, 5) is 0. The molecule has 0 saturated heterocycles. The fraction of sp³-hybridized carbons (Fsp3) is 1.00. The molecule has 0 spiro atoms. The molecular weight excluding hydrogens is 189 g/mol. The maximum Gasteiger partial charge on any atom is 2.00 e. The van der Waals surface area contributed by atoms with Crippen LogP contribution in [0.2, 0.25) is 0 Å². The second kappa shape index (κ2) is 5.59. The summed E-state index contributed by atoms with van der Waals surface area (Å²) >= 11 is 0. The zero-order valence-corrected chi connectivity index (χ0v) is 7.73. The van der Waals surface area contributed by atoms with Crippen molar-refractivity contribution in [2.24, 2.45) is 0 Å². The summed E-state index contributed by atoms with van der Waals surface area (Å²) in [5.41, 5.74) is 0. The molecular formula is CH4O5SZn. The molecule has 0 aromatic carbocycles. The molecule has 0 amide bonds. The molecule has 0 radical (unpaired) electrons. The minimum absolute atomic E-state index is 0. The van der Waals surface area contributed by atoms with Crippen LogP contribution in [-0.2, 0) is 29.6 Å². The van der Waals surface area contributed by atoms with Crippen molar-refractivity contribution in [3.8, 4) is 0 Å². The molecule has 0 fully saturated rings. The fourth-order valence-electron chi connectivity index (χ4n) is 0. The van der Waals surface area contributed by atoms with E-state index in [1.54, 1.807) is 0 Å². The van der Waals surface area contributed by atoms with E-state index in [1.165, 1.54) is 0 Å². The van der Waals surface area contributed by atoms with Gasteiger partial charge in [0.25, 0.3) is 0 Å². The van der Waals surface area contributed by atoms with Crippen molar-refractivity contribution in [2.75, 3.05) is 5.94 Å². The Morgan fingerprint density at radius 1 is 1.50 bits per heavy atom. The zero-order valence-electron chi connectivity index (χ0n) is 3.94. The number of aliphatic hydroxyl groups is 1. The molecule has 0 aliphatic carbocycles. The number of aliphatic hydroxyl groups excluding tert-OH is 1. The Labute approximate surface area is 59.5 Å². The number of hydrogen-bond donors (Lipinski definition) is 1. The predicted octanol–water partition coefficient (Wildman–Crippen LogP) is -1.70. The Morgan fingerprint density at radius 3 is 1.62 bits per heavy atom. The van der Waals surface area contributed by atoms with E-state index in [0.29, 0.717) is 0 Å². The van der Waals surface area contributed by atoms with Gasteiger partial charge in [-0.2, -0.15) is 0 Å². The second-order valence-electron chi connectivity index (χ2n) is 0.687. The van der Waals surface area contributed by atoms with Crippen LogP contribution in [0.3, 0.4) is 0 Å². The molecule has 0 rings (SSSR count). The minimum atomic E-state index is -4.36. The van der Waals surface area contributed by atoms with Crippen LogP contribution < -0.4 is 0 Å². The summed E-state index contributed by atoms with van der Waals surface area (Å²) in [6, 6.07) is 0. The van der Waals surface area contributed by atoms with Crippen molar-refractivity contribution in [3.05, 3.63) is 0 Å². The molecule has 0 heterocycles. The molecule has 0 aromatic rings. The van der Waals surface area contributed by atoms with Crippen LogP contribution >= 0.6 is 0 Å². The molecule has 5 nitrogen and oxygen atoms in total. The molecule has 0 saturated carbocycles. The summed E-state index contributed by atoms with van der Waals surface area (Å²) in [6.07, 6.45) is 0. The standard InChI is InChI=1S/CH4O4S.H2O.Zn/c2-1-6(3,4)5;;/h2H,1H2,(H,3,4,5);1H2;/q;;+2/p-2. The predicted molar refractivity (Wildman–Crippen MR) is 18.7 cm³/mol. The van der Waals surface area contributed by atoms with Crippen molar-refractivity contribution in [3.63, 3.8) is 0 Å². The maximum atomic E-state index is 9.19.